The molecule has 2 rings (SSSR count). The number of non-ortho nitro benzene ring substituents is 1. The Labute approximate surface area is 155 Å². The van der Waals surface area contributed by atoms with Crippen LogP contribution >= 0.6 is 11.6 Å². The Morgan fingerprint density at radius 3 is 2.41 bits per heavy atom. The van der Waals surface area contributed by atoms with Crippen molar-refractivity contribution >= 4 is 40.5 Å². The zero-order valence-corrected chi connectivity index (χ0v) is 14.0. The Bertz CT molecular complexity index is 947. The van der Waals surface area contributed by atoms with Crippen LogP contribution in [0.15, 0.2) is 36.4 Å². The number of ether oxygens (including phenoxy) is 1. The SMILES string of the molecule is O=C(COc1ccc([N+](=O)[O-])cc1[N+](=O)[O-])Nc1cc(Cl)ccc1C(=O)O. The van der Waals surface area contributed by atoms with Crippen LogP contribution in [0, 0.1) is 20.2 Å². The summed E-state index contributed by atoms with van der Waals surface area (Å²) >= 11 is 5.77. The molecule has 0 unspecified atom stereocenters. The molecule has 0 spiro atoms. The zero-order valence-electron chi connectivity index (χ0n) is 13.2. The van der Waals surface area contributed by atoms with Crippen molar-refractivity contribution in [1.29, 1.82) is 0 Å². The van der Waals surface area contributed by atoms with Crippen LogP contribution in [-0.4, -0.2) is 33.4 Å². The summed E-state index contributed by atoms with van der Waals surface area (Å²) in [4.78, 5) is 43.1. The number of carboxylic acid groups (broad SMARTS) is 1. The normalized spacial score (nSPS) is 10.1. The largest absolute Gasteiger partial charge is 0.478 e. The molecule has 2 aromatic carbocycles. The summed E-state index contributed by atoms with van der Waals surface area (Å²) < 4.78 is 5.04. The van der Waals surface area contributed by atoms with E-state index in [1.165, 1.54) is 18.2 Å². The van der Waals surface area contributed by atoms with Gasteiger partial charge in [0.25, 0.3) is 11.6 Å². The fourth-order valence-corrected chi connectivity index (χ4v) is 2.19. The molecule has 0 atom stereocenters. The van der Waals surface area contributed by atoms with Crippen molar-refractivity contribution in [3.63, 3.8) is 0 Å². The number of carbonyl (C=O) groups is 2. The maximum atomic E-state index is 12.0. The summed E-state index contributed by atoms with van der Waals surface area (Å²) in [7, 11) is 0. The van der Waals surface area contributed by atoms with E-state index in [1.807, 2.05) is 0 Å². The van der Waals surface area contributed by atoms with Crippen molar-refractivity contribution in [2.45, 2.75) is 0 Å². The monoisotopic (exact) mass is 395 g/mol. The number of amides is 1. The maximum absolute atomic E-state index is 12.0. The van der Waals surface area contributed by atoms with Crippen LogP contribution < -0.4 is 10.1 Å². The highest BCUT2D eigenvalue weighted by Crippen LogP contribution is 2.31. The molecule has 0 saturated carbocycles. The lowest BCUT2D eigenvalue weighted by Crippen LogP contribution is -2.21. The van der Waals surface area contributed by atoms with Gasteiger partial charge >= 0.3 is 11.7 Å². The Hall–Kier alpha value is -3.73. The second-order valence-corrected chi connectivity index (χ2v) is 5.43. The molecular weight excluding hydrogens is 386 g/mol. The number of halogens is 1. The lowest BCUT2D eigenvalue weighted by Gasteiger charge is -2.10. The van der Waals surface area contributed by atoms with Gasteiger partial charge in [0, 0.05) is 11.1 Å². The lowest BCUT2D eigenvalue weighted by molar-refractivity contribution is -0.394. The van der Waals surface area contributed by atoms with Gasteiger partial charge in [-0.15, -0.1) is 0 Å². The molecule has 0 aliphatic heterocycles. The highest BCUT2D eigenvalue weighted by Gasteiger charge is 2.21. The van der Waals surface area contributed by atoms with Crippen LogP contribution in [0.1, 0.15) is 10.4 Å². The molecule has 27 heavy (non-hydrogen) atoms. The van der Waals surface area contributed by atoms with Gasteiger partial charge in [-0.1, -0.05) is 11.6 Å². The average molecular weight is 396 g/mol. The summed E-state index contributed by atoms with van der Waals surface area (Å²) in [6.07, 6.45) is 0. The summed E-state index contributed by atoms with van der Waals surface area (Å²) in [6.45, 7) is -0.704. The van der Waals surface area contributed by atoms with Gasteiger partial charge in [-0.2, -0.15) is 0 Å². The minimum Gasteiger partial charge on any atom is -0.478 e. The highest BCUT2D eigenvalue weighted by molar-refractivity contribution is 6.31. The van der Waals surface area contributed by atoms with Crippen LogP contribution in [-0.2, 0) is 4.79 Å². The number of hydrogen-bond donors (Lipinski definition) is 2. The van der Waals surface area contributed by atoms with Crippen molar-refractivity contribution in [2.75, 3.05) is 11.9 Å². The number of hydrogen-bond acceptors (Lipinski definition) is 7. The molecular formula is C15H10ClN3O8. The van der Waals surface area contributed by atoms with Gasteiger partial charge in [0.05, 0.1) is 27.2 Å². The first-order valence-corrected chi connectivity index (χ1v) is 7.45. The van der Waals surface area contributed by atoms with Crippen molar-refractivity contribution in [1.82, 2.24) is 0 Å². The predicted molar refractivity (Wildman–Crippen MR) is 92.3 cm³/mol. The smallest absolute Gasteiger partial charge is 0.337 e. The molecule has 0 aliphatic carbocycles. The molecule has 11 nitrogen and oxygen atoms in total. The van der Waals surface area contributed by atoms with E-state index >= 15 is 0 Å². The summed E-state index contributed by atoms with van der Waals surface area (Å²) in [5, 5.41) is 33.2. The van der Waals surface area contributed by atoms with Gasteiger partial charge in [-0.25, -0.2) is 4.79 Å². The molecule has 0 saturated heterocycles. The van der Waals surface area contributed by atoms with E-state index in [4.69, 9.17) is 21.4 Å². The van der Waals surface area contributed by atoms with Gasteiger partial charge in [0.1, 0.15) is 0 Å². The topological polar surface area (TPSA) is 162 Å². The second-order valence-electron chi connectivity index (χ2n) is 5.00. The molecule has 0 aromatic heterocycles. The van der Waals surface area contributed by atoms with Crippen LogP contribution in [0.25, 0.3) is 0 Å². The van der Waals surface area contributed by atoms with Crippen molar-refractivity contribution in [2.24, 2.45) is 0 Å². The molecule has 2 aromatic rings. The molecule has 0 heterocycles. The van der Waals surface area contributed by atoms with Crippen LogP contribution in [0.3, 0.4) is 0 Å². The first kappa shape index (κ1) is 19.6. The number of carbonyl (C=O) groups excluding carboxylic acids is 1. The zero-order chi connectivity index (χ0) is 20.1. The van der Waals surface area contributed by atoms with Gasteiger partial charge < -0.3 is 15.2 Å². The van der Waals surface area contributed by atoms with Crippen molar-refractivity contribution in [3.8, 4) is 5.75 Å². The number of nitro benzene ring substituents is 2. The molecule has 140 valence electrons. The van der Waals surface area contributed by atoms with E-state index in [-0.39, 0.29) is 22.0 Å². The van der Waals surface area contributed by atoms with Gasteiger partial charge in [0.2, 0.25) is 0 Å². The third-order valence-corrected chi connectivity index (χ3v) is 3.43. The molecule has 0 fully saturated rings. The maximum Gasteiger partial charge on any atom is 0.337 e. The standard InChI is InChI=1S/C15H10ClN3O8/c16-8-1-3-10(15(21)22)11(5-8)17-14(20)7-27-13-4-2-9(18(23)24)6-12(13)19(25)26/h1-6H,7H2,(H,17,20)(H,21,22). The molecule has 1 amide bonds. The molecule has 0 bridgehead atoms. The number of aromatic carboxylic acids is 1. The summed E-state index contributed by atoms with van der Waals surface area (Å²) in [5.41, 5.74) is -1.50. The predicted octanol–water partition coefficient (Wildman–Crippen LogP) is 2.87. The number of nitro groups is 2. The number of anilines is 1. The van der Waals surface area contributed by atoms with Gasteiger partial charge in [-0.05, 0) is 24.3 Å². The number of rotatable bonds is 7. The van der Waals surface area contributed by atoms with E-state index in [2.05, 4.69) is 5.32 Å². The van der Waals surface area contributed by atoms with Gasteiger partial charge in [0.15, 0.2) is 12.4 Å². The molecule has 0 aliphatic rings. The van der Waals surface area contributed by atoms with Crippen LogP contribution in [0.2, 0.25) is 5.02 Å². The van der Waals surface area contributed by atoms with Crippen molar-refractivity contribution in [3.05, 3.63) is 67.2 Å². The number of nitrogens with zero attached hydrogens (tertiary/aromatic N) is 2. The Morgan fingerprint density at radius 1 is 1.11 bits per heavy atom. The minimum absolute atomic E-state index is 0.0817. The number of nitrogens with one attached hydrogen (secondary N) is 1. The van der Waals surface area contributed by atoms with E-state index in [9.17, 15) is 29.8 Å². The summed E-state index contributed by atoms with van der Waals surface area (Å²) in [6, 6.07) is 6.43. The number of benzene rings is 2. The third-order valence-electron chi connectivity index (χ3n) is 3.19. The Kier molecular flexibility index (Phi) is 5.88. The van der Waals surface area contributed by atoms with Gasteiger partial charge in [-0.3, -0.25) is 25.0 Å². The number of carboxylic acids is 1. The third kappa shape index (κ3) is 4.89. The van der Waals surface area contributed by atoms with E-state index in [1.54, 1.807) is 0 Å². The summed E-state index contributed by atoms with van der Waals surface area (Å²) in [5.74, 6) is -2.47. The lowest BCUT2D eigenvalue weighted by atomic mass is 10.2. The first-order valence-electron chi connectivity index (χ1n) is 7.07. The molecule has 0 radical (unpaired) electrons. The van der Waals surface area contributed by atoms with Crippen LogP contribution in [0.4, 0.5) is 17.1 Å². The fraction of sp³-hybridized carbons (Fsp3) is 0.0667. The van der Waals surface area contributed by atoms with E-state index in [0.717, 1.165) is 12.1 Å². The van der Waals surface area contributed by atoms with E-state index < -0.39 is 39.7 Å². The average Bonchev–Trinajstić information content (AvgIpc) is 2.59. The quantitative estimate of drug-likeness (QED) is 0.533. The van der Waals surface area contributed by atoms with E-state index in [0.29, 0.717) is 6.07 Å². The Balaban J connectivity index is 2.15. The highest BCUT2D eigenvalue weighted by atomic mass is 35.5. The first-order chi connectivity index (χ1) is 12.7. The molecule has 2 N–H and O–H groups in total. The Morgan fingerprint density at radius 2 is 1.81 bits per heavy atom. The van der Waals surface area contributed by atoms with Crippen molar-refractivity contribution < 1.29 is 29.3 Å². The minimum atomic E-state index is -1.30. The second kappa shape index (κ2) is 8.10. The molecule has 12 heteroatoms. The fourth-order valence-electron chi connectivity index (χ4n) is 2.02. The van der Waals surface area contributed by atoms with Crippen LogP contribution in [0.5, 0.6) is 5.75 Å².